The minimum absolute atomic E-state index is 0.153. The van der Waals surface area contributed by atoms with E-state index in [0.29, 0.717) is 23.9 Å². The summed E-state index contributed by atoms with van der Waals surface area (Å²) in [6, 6.07) is 13.7. The second-order valence-corrected chi connectivity index (χ2v) is 6.39. The smallest absolute Gasteiger partial charge is 0.255 e. The number of hydrogen-bond donors (Lipinski definition) is 1. The van der Waals surface area contributed by atoms with Gasteiger partial charge in [-0.3, -0.25) is 9.69 Å². The molecule has 140 valence electrons. The van der Waals surface area contributed by atoms with Gasteiger partial charge in [-0.2, -0.15) is 0 Å². The van der Waals surface area contributed by atoms with Gasteiger partial charge in [-0.25, -0.2) is 4.39 Å². The predicted molar refractivity (Wildman–Crippen MR) is 102 cm³/mol. The number of hydrogen-bond acceptors (Lipinski definition) is 3. The molecule has 0 aliphatic carbocycles. The lowest BCUT2D eigenvalue weighted by molar-refractivity contribution is 0.0941. The Morgan fingerprint density at radius 1 is 1.15 bits per heavy atom. The van der Waals surface area contributed by atoms with Crippen LogP contribution in [0.3, 0.4) is 0 Å². The molecule has 0 spiro atoms. The molecular weight excluding hydrogens is 331 g/mol. The summed E-state index contributed by atoms with van der Waals surface area (Å²) in [4.78, 5) is 14.8. The van der Waals surface area contributed by atoms with Gasteiger partial charge in [0.25, 0.3) is 5.91 Å². The number of carbonyl (C=O) groups is 1. The highest BCUT2D eigenvalue weighted by molar-refractivity contribution is 5.96. The Balaban J connectivity index is 1.94. The number of rotatable bonds is 9. The van der Waals surface area contributed by atoms with Crippen molar-refractivity contribution < 1.29 is 13.9 Å². The second kappa shape index (κ2) is 9.92. The monoisotopic (exact) mass is 358 g/mol. The fourth-order valence-electron chi connectivity index (χ4n) is 2.71. The number of benzene rings is 2. The molecule has 2 aromatic carbocycles. The average Bonchev–Trinajstić information content (AvgIpc) is 2.64. The van der Waals surface area contributed by atoms with Crippen LogP contribution in [0.15, 0.2) is 48.5 Å². The van der Waals surface area contributed by atoms with Gasteiger partial charge in [0.2, 0.25) is 0 Å². The van der Waals surface area contributed by atoms with Gasteiger partial charge in [-0.05, 0) is 50.2 Å². The Morgan fingerprint density at radius 2 is 1.85 bits per heavy atom. The number of amides is 1. The maximum atomic E-state index is 13.0. The summed E-state index contributed by atoms with van der Waals surface area (Å²) in [5.41, 5.74) is 1.35. The van der Waals surface area contributed by atoms with E-state index in [1.54, 1.807) is 24.3 Å². The fourth-order valence-corrected chi connectivity index (χ4v) is 2.71. The van der Waals surface area contributed by atoms with Gasteiger partial charge in [-0.15, -0.1) is 0 Å². The van der Waals surface area contributed by atoms with Gasteiger partial charge in [0.05, 0.1) is 5.56 Å². The summed E-state index contributed by atoms with van der Waals surface area (Å²) in [5, 5.41) is 2.95. The molecule has 1 N–H and O–H groups in total. The van der Waals surface area contributed by atoms with E-state index < -0.39 is 0 Å². The molecular formula is C21H27FN2O2. The van der Waals surface area contributed by atoms with Crippen LogP contribution in [-0.4, -0.2) is 36.5 Å². The zero-order valence-corrected chi connectivity index (χ0v) is 15.7. The first-order chi connectivity index (χ1) is 12.5. The third-order valence-electron chi connectivity index (χ3n) is 4.26. The number of carbonyl (C=O) groups excluding carboxylic acids is 1. The van der Waals surface area contributed by atoms with Crippen LogP contribution in [0.2, 0.25) is 0 Å². The summed E-state index contributed by atoms with van der Waals surface area (Å²) < 4.78 is 18.8. The molecule has 0 heterocycles. The normalized spacial score (nSPS) is 11.0. The Hall–Kier alpha value is -2.40. The van der Waals surface area contributed by atoms with Crippen LogP contribution in [-0.2, 0) is 6.61 Å². The van der Waals surface area contributed by atoms with Gasteiger partial charge in [0, 0.05) is 19.1 Å². The van der Waals surface area contributed by atoms with Crippen molar-refractivity contribution in [2.75, 3.05) is 19.6 Å². The molecule has 4 nitrogen and oxygen atoms in total. The van der Waals surface area contributed by atoms with E-state index in [2.05, 4.69) is 31.0 Å². The molecule has 0 saturated carbocycles. The molecule has 26 heavy (non-hydrogen) atoms. The molecule has 1 amide bonds. The standard InChI is InChI=1S/C21H27FN2O2/c1-4-24(16(2)3)14-13-23-21(25)19-7-5-6-8-20(19)26-15-17-9-11-18(22)12-10-17/h5-12,16H,4,13-15H2,1-3H3,(H,23,25). The second-order valence-electron chi connectivity index (χ2n) is 6.39. The molecule has 2 rings (SSSR count). The molecule has 0 fully saturated rings. The van der Waals surface area contributed by atoms with Crippen molar-refractivity contribution in [1.82, 2.24) is 10.2 Å². The van der Waals surface area contributed by atoms with Crippen LogP contribution >= 0.6 is 0 Å². The fraction of sp³-hybridized carbons (Fsp3) is 0.381. The summed E-state index contributed by atoms with van der Waals surface area (Å²) in [7, 11) is 0. The van der Waals surface area contributed by atoms with Gasteiger partial charge in [0.1, 0.15) is 18.2 Å². The molecule has 0 aliphatic rings. The lowest BCUT2D eigenvalue weighted by Crippen LogP contribution is -2.38. The minimum Gasteiger partial charge on any atom is -0.488 e. The van der Waals surface area contributed by atoms with Crippen LogP contribution in [0, 0.1) is 5.82 Å². The molecule has 0 bridgehead atoms. The van der Waals surface area contributed by atoms with E-state index in [1.807, 2.05) is 12.1 Å². The maximum absolute atomic E-state index is 13.0. The van der Waals surface area contributed by atoms with Gasteiger partial charge >= 0.3 is 0 Å². The van der Waals surface area contributed by atoms with E-state index in [0.717, 1.165) is 18.7 Å². The van der Waals surface area contributed by atoms with Gasteiger partial charge in [0.15, 0.2) is 0 Å². The zero-order chi connectivity index (χ0) is 18.9. The van der Waals surface area contributed by atoms with Crippen LogP contribution in [0.5, 0.6) is 5.75 Å². The van der Waals surface area contributed by atoms with Crippen LogP contribution in [0.1, 0.15) is 36.7 Å². The summed E-state index contributed by atoms with van der Waals surface area (Å²) in [5.74, 6) is 0.0843. The highest BCUT2D eigenvalue weighted by Crippen LogP contribution is 2.19. The zero-order valence-electron chi connectivity index (χ0n) is 15.7. The van der Waals surface area contributed by atoms with Crippen molar-refractivity contribution in [3.8, 4) is 5.75 Å². The largest absolute Gasteiger partial charge is 0.488 e. The molecule has 0 aromatic heterocycles. The van der Waals surface area contributed by atoms with Crippen molar-refractivity contribution in [1.29, 1.82) is 0 Å². The molecule has 0 saturated heterocycles. The van der Waals surface area contributed by atoms with Crippen LogP contribution in [0.25, 0.3) is 0 Å². The first-order valence-electron chi connectivity index (χ1n) is 8.99. The number of nitrogens with zero attached hydrogens (tertiary/aromatic N) is 1. The van der Waals surface area contributed by atoms with E-state index >= 15 is 0 Å². The molecule has 0 radical (unpaired) electrons. The summed E-state index contributed by atoms with van der Waals surface area (Å²) >= 11 is 0. The lowest BCUT2D eigenvalue weighted by atomic mass is 10.2. The van der Waals surface area contributed by atoms with E-state index in [4.69, 9.17) is 4.74 Å². The first kappa shape index (κ1) is 19.9. The molecule has 0 aliphatic heterocycles. The Labute approximate surface area is 155 Å². The van der Waals surface area contributed by atoms with Crippen molar-refractivity contribution in [3.63, 3.8) is 0 Å². The molecule has 0 atom stereocenters. The Kier molecular flexibility index (Phi) is 7.60. The quantitative estimate of drug-likeness (QED) is 0.740. The third kappa shape index (κ3) is 5.85. The highest BCUT2D eigenvalue weighted by atomic mass is 19.1. The Bertz CT molecular complexity index is 701. The summed E-state index contributed by atoms with van der Waals surface area (Å²) in [6.07, 6.45) is 0. The van der Waals surface area contributed by atoms with Crippen molar-refractivity contribution in [2.24, 2.45) is 0 Å². The van der Waals surface area contributed by atoms with Gasteiger partial charge in [-0.1, -0.05) is 31.2 Å². The summed E-state index contributed by atoms with van der Waals surface area (Å²) in [6.45, 7) is 9.01. The number of nitrogens with one attached hydrogen (secondary N) is 1. The molecule has 5 heteroatoms. The number of para-hydroxylation sites is 1. The average molecular weight is 358 g/mol. The van der Waals surface area contributed by atoms with E-state index in [1.165, 1.54) is 12.1 Å². The number of halogens is 1. The minimum atomic E-state index is -0.281. The highest BCUT2D eigenvalue weighted by Gasteiger charge is 2.13. The van der Waals surface area contributed by atoms with E-state index in [-0.39, 0.29) is 18.3 Å². The number of likely N-dealkylation sites (N-methyl/N-ethyl adjacent to an activating group) is 1. The van der Waals surface area contributed by atoms with Crippen molar-refractivity contribution in [3.05, 3.63) is 65.5 Å². The molecule has 2 aromatic rings. The molecule has 0 unspecified atom stereocenters. The van der Waals surface area contributed by atoms with Crippen molar-refractivity contribution in [2.45, 2.75) is 33.4 Å². The van der Waals surface area contributed by atoms with Crippen LogP contribution in [0.4, 0.5) is 4.39 Å². The number of ether oxygens (including phenoxy) is 1. The SMILES string of the molecule is CCN(CCNC(=O)c1ccccc1OCc1ccc(F)cc1)C(C)C. The maximum Gasteiger partial charge on any atom is 0.255 e. The van der Waals surface area contributed by atoms with Crippen LogP contribution < -0.4 is 10.1 Å². The van der Waals surface area contributed by atoms with E-state index in [9.17, 15) is 9.18 Å². The first-order valence-corrected chi connectivity index (χ1v) is 8.99. The third-order valence-corrected chi connectivity index (χ3v) is 4.26. The van der Waals surface area contributed by atoms with Gasteiger partial charge < -0.3 is 10.1 Å². The lowest BCUT2D eigenvalue weighted by Gasteiger charge is -2.24. The van der Waals surface area contributed by atoms with Crippen molar-refractivity contribution >= 4 is 5.91 Å². The predicted octanol–water partition coefficient (Wildman–Crippen LogP) is 3.86. The topological polar surface area (TPSA) is 41.6 Å². The Morgan fingerprint density at radius 3 is 2.50 bits per heavy atom.